The van der Waals surface area contributed by atoms with Crippen LogP contribution in [0.1, 0.15) is 18.9 Å². The van der Waals surface area contributed by atoms with E-state index in [4.69, 9.17) is 5.11 Å². The molecule has 1 heterocycles. The smallest absolute Gasteiger partial charge is 0.308 e. The van der Waals surface area contributed by atoms with Crippen LogP contribution in [0.15, 0.2) is 18.2 Å². The molecule has 0 spiro atoms. The molecule has 1 aliphatic rings. The molecule has 1 aromatic carbocycles. The summed E-state index contributed by atoms with van der Waals surface area (Å²) in [6.07, 6.45) is 0.260. The quantitative estimate of drug-likeness (QED) is 0.929. The van der Waals surface area contributed by atoms with Crippen molar-refractivity contribution in [2.24, 2.45) is 11.8 Å². The fourth-order valence-electron chi connectivity index (χ4n) is 2.69. The van der Waals surface area contributed by atoms with E-state index >= 15 is 0 Å². The number of carboxylic acid groups (broad SMARTS) is 1. The van der Waals surface area contributed by atoms with Crippen LogP contribution in [0.2, 0.25) is 0 Å². The topological polar surface area (TPSA) is 57.6 Å². The maximum atomic E-state index is 13.6. The van der Waals surface area contributed by atoms with Gasteiger partial charge in [0.1, 0.15) is 0 Å². The van der Waals surface area contributed by atoms with Crippen LogP contribution in [0, 0.1) is 23.5 Å². The van der Waals surface area contributed by atoms with E-state index in [1.165, 1.54) is 17.0 Å². The largest absolute Gasteiger partial charge is 0.481 e. The van der Waals surface area contributed by atoms with Gasteiger partial charge in [-0.2, -0.15) is 0 Å². The van der Waals surface area contributed by atoms with Gasteiger partial charge in [-0.15, -0.1) is 0 Å². The number of amides is 1. The molecule has 0 saturated carbocycles. The van der Waals surface area contributed by atoms with Crippen LogP contribution in [0.3, 0.4) is 0 Å². The number of halogens is 2. The number of benzene rings is 1. The van der Waals surface area contributed by atoms with Crippen molar-refractivity contribution >= 4 is 11.9 Å². The number of likely N-dealkylation sites (tertiary alicyclic amines) is 1. The highest BCUT2D eigenvalue weighted by molar-refractivity contribution is 5.80. The summed E-state index contributed by atoms with van der Waals surface area (Å²) in [4.78, 5) is 24.7. The summed E-state index contributed by atoms with van der Waals surface area (Å²) >= 11 is 0. The highest BCUT2D eigenvalue weighted by Crippen LogP contribution is 2.23. The molecule has 0 aliphatic carbocycles. The molecule has 1 aliphatic heterocycles. The first-order chi connectivity index (χ1) is 9.88. The van der Waals surface area contributed by atoms with E-state index in [0.717, 1.165) is 6.07 Å². The summed E-state index contributed by atoms with van der Waals surface area (Å²) < 4.78 is 26.7. The third kappa shape index (κ3) is 3.56. The van der Waals surface area contributed by atoms with Crippen molar-refractivity contribution in [3.05, 3.63) is 35.4 Å². The van der Waals surface area contributed by atoms with Gasteiger partial charge < -0.3 is 10.0 Å². The maximum Gasteiger partial charge on any atom is 0.308 e. The van der Waals surface area contributed by atoms with E-state index in [9.17, 15) is 18.4 Å². The minimum Gasteiger partial charge on any atom is -0.481 e. The van der Waals surface area contributed by atoms with Crippen molar-refractivity contribution < 1.29 is 23.5 Å². The zero-order valence-corrected chi connectivity index (χ0v) is 11.7. The molecule has 1 aromatic rings. The molecule has 2 atom stereocenters. The fraction of sp³-hybridized carbons (Fsp3) is 0.467. The first-order valence-corrected chi connectivity index (χ1v) is 6.82. The van der Waals surface area contributed by atoms with Gasteiger partial charge in [0.05, 0.1) is 12.3 Å². The molecule has 114 valence electrons. The lowest BCUT2D eigenvalue weighted by molar-refractivity contribution is -0.146. The van der Waals surface area contributed by atoms with E-state index < -0.39 is 23.5 Å². The Morgan fingerprint density at radius 3 is 2.71 bits per heavy atom. The fourth-order valence-corrected chi connectivity index (χ4v) is 2.69. The first kappa shape index (κ1) is 15.4. The number of hydrogen-bond donors (Lipinski definition) is 1. The lowest BCUT2D eigenvalue weighted by atomic mass is 9.90. The summed E-state index contributed by atoms with van der Waals surface area (Å²) in [5.74, 6) is -3.86. The number of aliphatic carboxylic acids is 1. The Kier molecular flexibility index (Phi) is 4.55. The van der Waals surface area contributed by atoms with Gasteiger partial charge in [-0.1, -0.05) is 19.1 Å². The van der Waals surface area contributed by atoms with Gasteiger partial charge >= 0.3 is 5.97 Å². The van der Waals surface area contributed by atoms with Crippen molar-refractivity contribution in [3.8, 4) is 0 Å². The number of carbonyl (C=O) groups is 2. The highest BCUT2D eigenvalue weighted by Gasteiger charge is 2.32. The molecule has 4 nitrogen and oxygen atoms in total. The van der Waals surface area contributed by atoms with Crippen LogP contribution in [-0.2, 0) is 16.0 Å². The maximum absolute atomic E-state index is 13.6. The van der Waals surface area contributed by atoms with Crippen molar-refractivity contribution in [3.63, 3.8) is 0 Å². The van der Waals surface area contributed by atoms with Crippen LogP contribution < -0.4 is 0 Å². The number of piperidine rings is 1. The minimum absolute atomic E-state index is 0.00917. The van der Waals surface area contributed by atoms with Gasteiger partial charge in [-0.05, 0) is 18.4 Å². The van der Waals surface area contributed by atoms with Crippen LogP contribution in [-0.4, -0.2) is 35.0 Å². The number of carbonyl (C=O) groups excluding carboxylic acids is 1. The number of rotatable bonds is 3. The van der Waals surface area contributed by atoms with Crippen LogP contribution in [0.25, 0.3) is 0 Å². The van der Waals surface area contributed by atoms with Gasteiger partial charge in [0.15, 0.2) is 11.6 Å². The standard InChI is InChI=1S/C15H17F2NO3/c1-9-5-11(15(20)21)8-18(7-9)13(19)6-10-3-2-4-12(16)14(10)17/h2-4,9,11H,5-8H2,1H3,(H,20,21). The molecule has 0 bridgehead atoms. The van der Waals surface area contributed by atoms with E-state index in [-0.39, 0.29) is 30.4 Å². The van der Waals surface area contributed by atoms with Crippen molar-refractivity contribution in [1.29, 1.82) is 0 Å². The van der Waals surface area contributed by atoms with Crippen molar-refractivity contribution in [1.82, 2.24) is 4.90 Å². The Morgan fingerprint density at radius 2 is 2.05 bits per heavy atom. The molecular formula is C15H17F2NO3. The molecular weight excluding hydrogens is 280 g/mol. The van der Waals surface area contributed by atoms with Crippen molar-refractivity contribution in [2.45, 2.75) is 19.8 Å². The Morgan fingerprint density at radius 1 is 1.33 bits per heavy atom. The van der Waals surface area contributed by atoms with Crippen LogP contribution in [0.4, 0.5) is 8.78 Å². The van der Waals surface area contributed by atoms with E-state index in [1.54, 1.807) is 0 Å². The van der Waals surface area contributed by atoms with Gasteiger partial charge in [-0.3, -0.25) is 9.59 Å². The third-order valence-electron chi connectivity index (χ3n) is 3.73. The molecule has 6 heteroatoms. The Labute approximate surface area is 121 Å². The molecule has 2 unspecified atom stereocenters. The zero-order chi connectivity index (χ0) is 15.6. The second-order valence-corrected chi connectivity index (χ2v) is 5.56. The van der Waals surface area contributed by atoms with Crippen molar-refractivity contribution in [2.75, 3.05) is 13.1 Å². The number of nitrogens with zero attached hydrogens (tertiary/aromatic N) is 1. The first-order valence-electron chi connectivity index (χ1n) is 6.82. The second-order valence-electron chi connectivity index (χ2n) is 5.56. The molecule has 1 fully saturated rings. The normalized spacial score (nSPS) is 22.1. The molecule has 1 saturated heterocycles. The van der Waals surface area contributed by atoms with E-state index in [2.05, 4.69) is 0 Å². The molecule has 21 heavy (non-hydrogen) atoms. The zero-order valence-electron chi connectivity index (χ0n) is 11.7. The molecule has 1 amide bonds. The molecule has 0 radical (unpaired) electrons. The third-order valence-corrected chi connectivity index (χ3v) is 3.73. The number of hydrogen-bond acceptors (Lipinski definition) is 2. The predicted molar refractivity (Wildman–Crippen MR) is 71.5 cm³/mol. The molecule has 2 rings (SSSR count). The summed E-state index contributed by atoms with van der Waals surface area (Å²) in [5.41, 5.74) is -0.00917. The minimum atomic E-state index is -1.02. The molecule has 1 N–H and O–H groups in total. The van der Waals surface area contributed by atoms with Gasteiger partial charge in [0.25, 0.3) is 0 Å². The average molecular weight is 297 g/mol. The average Bonchev–Trinajstić information content (AvgIpc) is 2.43. The lowest BCUT2D eigenvalue weighted by Crippen LogP contribution is -2.46. The SMILES string of the molecule is CC1CC(C(=O)O)CN(C(=O)Cc2cccc(F)c2F)C1. The van der Waals surface area contributed by atoms with Gasteiger partial charge in [0.2, 0.25) is 5.91 Å². The summed E-state index contributed by atoms with van der Waals surface area (Å²) in [5, 5.41) is 9.08. The summed E-state index contributed by atoms with van der Waals surface area (Å²) in [6, 6.07) is 3.70. The Bertz CT molecular complexity index is 562. The van der Waals surface area contributed by atoms with E-state index in [1.807, 2.05) is 6.92 Å². The molecule has 0 aromatic heterocycles. The monoisotopic (exact) mass is 297 g/mol. The summed E-state index contributed by atoms with van der Waals surface area (Å²) in [6.45, 7) is 2.44. The predicted octanol–water partition coefficient (Wildman–Crippen LogP) is 2.08. The second kappa shape index (κ2) is 6.20. The van der Waals surface area contributed by atoms with E-state index in [0.29, 0.717) is 13.0 Å². The Hall–Kier alpha value is -1.98. The van der Waals surface area contributed by atoms with Crippen LogP contribution in [0.5, 0.6) is 0 Å². The Balaban J connectivity index is 2.09. The lowest BCUT2D eigenvalue weighted by Gasteiger charge is -2.34. The summed E-state index contributed by atoms with van der Waals surface area (Å²) in [7, 11) is 0. The van der Waals surface area contributed by atoms with Gasteiger partial charge in [0, 0.05) is 18.7 Å². The number of carboxylic acids is 1. The van der Waals surface area contributed by atoms with Crippen LogP contribution >= 0.6 is 0 Å². The van der Waals surface area contributed by atoms with Gasteiger partial charge in [-0.25, -0.2) is 8.78 Å². The highest BCUT2D eigenvalue weighted by atomic mass is 19.2.